The van der Waals surface area contributed by atoms with Crippen molar-refractivity contribution in [2.75, 3.05) is 32.8 Å². The average Bonchev–Trinajstić information content (AvgIpc) is 2.46. The van der Waals surface area contributed by atoms with Gasteiger partial charge in [-0.1, -0.05) is 26.2 Å². The lowest BCUT2D eigenvalue weighted by atomic mass is 9.75. The maximum atomic E-state index is 5.52. The third-order valence-electron chi connectivity index (χ3n) is 5.13. The molecule has 1 aliphatic heterocycles. The minimum atomic E-state index is 0.238. The molecule has 1 aliphatic carbocycles. The van der Waals surface area contributed by atoms with Crippen LogP contribution in [0.25, 0.3) is 0 Å². The molecule has 19 heavy (non-hydrogen) atoms. The van der Waals surface area contributed by atoms with Crippen LogP contribution in [0.1, 0.15) is 52.9 Å². The predicted molar refractivity (Wildman–Crippen MR) is 80.5 cm³/mol. The van der Waals surface area contributed by atoms with Crippen LogP contribution in [0, 0.1) is 5.92 Å². The van der Waals surface area contributed by atoms with Crippen molar-refractivity contribution in [3.8, 4) is 0 Å². The van der Waals surface area contributed by atoms with Gasteiger partial charge in [0.25, 0.3) is 0 Å². The fraction of sp³-hybridized carbons (Fsp3) is 1.00. The van der Waals surface area contributed by atoms with E-state index in [2.05, 4.69) is 31.0 Å². The van der Waals surface area contributed by atoms with E-state index in [0.29, 0.717) is 6.04 Å². The molecule has 2 fully saturated rings. The van der Waals surface area contributed by atoms with Crippen molar-refractivity contribution in [2.45, 2.75) is 64.5 Å². The Kier molecular flexibility index (Phi) is 5.67. The predicted octanol–water partition coefficient (Wildman–Crippen LogP) is 2.66. The van der Waals surface area contributed by atoms with E-state index in [1.807, 2.05) is 0 Å². The van der Waals surface area contributed by atoms with Crippen molar-refractivity contribution in [1.82, 2.24) is 10.2 Å². The summed E-state index contributed by atoms with van der Waals surface area (Å²) in [5.74, 6) is 0.853. The van der Waals surface area contributed by atoms with Gasteiger partial charge in [0, 0.05) is 24.7 Å². The summed E-state index contributed by atoms with van der Waals surface area (Å²) in [6.07, 6.45) is 7.10. The Labute approximate surface area is 119 Å². The highest BCUT2D eigenvalue weighted by molar-refractivity contribution is 4.98. The van der Waals surface area contributed by atoms with E-state index < -0.39 is 0 Å². The number of likely N-dealkylation sites (N-methyl/N-ethyl adjacent to an activating group) is 1. The monoisotopic (exact) mass is 268 g/mol. The molecule has 0 amide bonds. The zero-order valence-electron chi connectivity index (χ0n) is 13.1. The van der Waals surface area contributed by atoms with Crippen LogP contribution in [0.3, 0.4) is 0 Å². The molecule has 0 aromatic carbocycles. The largest absolute Gasteiger partial charge is 0.379 e. The number of morpholine rings is 1. The first kappa shape index (κ1) is 15.3. The van der Waals surface area contributed by atoms with Crippen LogP contribution in [-0.2, 0) is 4.74 Å². The Morgan fingerprint density at radius 2 is 1.79 bits per heavy atom. The van der Waals surface area contributed by atoms with Gasteiger partial charge < -0.3 is 10.1 Å². The standard InChI is InChI=1S/C16H32N2O/c1-4-17-15(14-8-6-5-7-9-14)16(2,3)18-10-12-19-13-11-18/h14-15,17H,4-13H2,1-3H3. The van der Waals surface area contributed by atoms with Crippen LogP contribution in [0.4, 0.5) is 0 Å². The van der Waals surface area contributed by atoms with Gasteiger partial charge in [-0.05, 0) is 39.2 Å². The van der Waals surface area contributed by atoms with Crippen LogP contribution in [-0.4, -0.2) is 49.3 Å². The quantitative estimate of drug-likeness (QED) is 0.829. The second-order valence-corrected chi connectivity index (χ2v) is 6.69. The van der Waals surface area contributed by atoms with Crippen molar-refractivity contribution >= 4 is 0 Å². The maximum absolute atomic E-state index is 5.52. The van der Waals surface area contributed by atoms with E-state index in [1.54, 1.807) is 0 Å². The van der Waals surface area contributed by atoms with Crippen LogP contribution in [0.15, 0.2) is 0 Å². The lowest BCUT2D eigenvalue weighted by molar-refractivity contribution is -0.0341. The van der Waals surface area contributed by atoms with Crippen molar-refractivity contribution < 1.29 is 4.74 Å². The van der Waals surface area contributed by atoms with Gasteiger partial charge in [-0.3, -0.25) is 4.90 Å². The lowest BCUT2D eigenvalue weighted by Crippen LogP contribution is -2.62. The zero-order valence-corrected chi connectivity index (χ0v) is 13.1. The minimum Gasteiger partial charge on any atom is -0.379 e. The molecular weight excluding hydrogens is 236 g/mol. The second kappa shape index (κ2) is 7.05. The van der Waals surface area contributed by atoms with Gasteiger partial charge in [-0.15, -0.1) is 0 Å². The number of ether oxygens (including phenoxy) is 1. The normalized spacial score (nSPS) is 25.4. The van der Waals surface area contributed by atoms with Gasteiger partial charge in [-0.25, -0.2) is 0 Å². The number of rotatable bonds is 5. The molecule has 0 aromatic heterocycles. The first-order valence-corrected chi connectivity index (χ1v) is 8.22. The molecule has 1 saturated carbocycles. The Hall–Kier alpha value is -0.120. The summed E-state index contributed by atoms with van der Waals surface area (Å²) in [6.45, 7) is 12.1. The molecule has 1 heterocycles. The molecule has 1 unspecified atom stereocenters. The molecule has 3 nitrogen and oxygen atoms in total. The third-order valence-corrected chi connectivity index (χ3v) is 5.13. The summed E-state index contributed by atoms with van der Waals surface area (Å²) in [4.78, 5) is 2.64. The maximum Gasteiger partial charge on any atom is 0.0594 e. The van der Waals surface area contributed by atoms with Crippen molar-refractivity contribution in [2.24, 2.45) is 5.92 Å². The molecule has 0 aromatic rings. The number of hydrogen-bond acceptors (Lipinski definition) is 3. The van der Waals surface area contributed by atoms with Crippen LogP contribution >= 0.6 is 0 Å². The Bertz CT molecular complexity index is 255. The first-order valence-electron chi connectivity index (χ1n) is 8.22. The highest BCUT2D eigenvalue weighted by atomic mass is 16.5. The van der Waals surface area contributed by atoms with Crippen LogP contribution in [0.5, 0.6) is 0 Å². The third kappa shape index (κ3) is 3.71. The lowest BCUT2D eigenvalue weighted by Gasteiger charge is -2.49. The highest BCUT2D eigenvalue weighted by Crippen LogP contribution is 2.34. The van der Waals surface area contributed by atoms with E-state index in [4.69, 9.17) is 4.74 Å². The zero-order chi connectivity index (χ0) is 13.7. The summed E-state index contributed by atoms with van der Waals surface area (Å²) in [5.41, 5.74) is 0.238. The van der Waals surface area contributed by atoms with Crippen LogP contribution < -0.4 is 5.32 Å². The van der Waals surface area contributed by atoms with Crippen molar-refractivity contribution in [3.05, 3.63) is 0 Å². The molecule has 1 N–H and O–H groups in total. The number of nitrogens with zero attached hydrogens (tertiary/aromatic N) is 1. The number of hydrogen-bond donors (Lipinski definition) is 1. The van der Waals surface area contributed by atoms with Gasteiger partial charge in [-0.2, -0.15) is 0 Å². The van der Waals surface area contributed by atoms with Crippen molar-refractivity contribution in [1.29, 1.82) is 0 Å². The van der Waals surface area contributed by atoms with Gasteiger partial charge in [0.05, 0.1) is 13.2 Å². The van der Waals surface area contributed by atoms with Crippen LogP contribution in [0.2, 0.25) is 0 Å². The molecule has 2 aliphatic rings. The van der Waals surface area contributed by atoms with E-state index in [-0.39, 0.29) is 5.54 Å². The molecular formula is C16H32N2O. The molecule has 1 saturated heterocycles. The molecule has 0 radical (unpaired) electrons. The van der Waals surface area contributed by atoms with Gasteiger partial charge in [0.1, 0.15) is 0 Å². The molecule has 3 heteroatoms. The molecule has 1 atom stereocenters. The topological polar surface area (TPSA) is 24.5 Å². The Morgan fingerprint density at radius 1 is 1.16 bits per heavy atom. The Balaban J connectivity index is 2.06. The molecule has 0 bridgehead atoms. The highest BCUT2D eigenvalue weighted by Gasteiger charge is 2.40. The fourth-order valence-corrected chi connectivity index (χ4v) is 4.02. The second-order valence-electron chi connectivity index (χ2n) is 6.69. The smallest absolute Gasteiger partial charge is 0.0594 e. The Morgan fingerprint density at radius 3 is 2.37 bits per heavy atom. The fourth-order valence-electron chi connectivity index (χ4n) is 4.02. The van der Waals surface area contributed by atoms with E-state index in [1.165, 1.54) is 32.1 Å². The first-order chi connectivity index (χ1) is 9.16. The minimum absolute atomic E-state index is 0.238. The summed E-state index contributed by atoms with van der Waals surface area (Å²) < 4.78 is 5.52. The summed E-state index contributed by atoms with van der Waals surface area (Å²) in [6, 6.07) is 0.621. The summed E-state index contributed by atoms with van der Waals surface area (Å²) in [5, 5.41) is 3.81. The van der Waals surface area contributed by atoms with E-state index in [0.717, 1.165) is 38.8 Å². The summed E-state index contributed by atoms with van der Waals surface area (Å²) >= 11 is 0. The molecule has 112 valence electrons. The van der Waals surface area contributed by atoms with Crippen molar-refractivity contribution in [3.63, 3.8) is 0 Å². The number of nitrogens with one attached hydrogen (secondary N) is 1. The summed E-state index contributed by atoms with van der Waals surface area (Å²) in [7, 11) is 0. The van der Waals surface area contributed by atoms with Gasteiger partial charge in [0.2, 0.25) is 0 Å². The SMILES string of the molecule is CCNC(C1CCCCC1)C(C)(C)N1CCOCC1. The average molecular weight is 268 g/mol. The molecule has 2 rings (SSSR count). The molecule has 0 spiro atoms. The van der Waals surface area contributed by atoms with E-state index in [9.17, 15) is 0 Å². The van der Waals surface area contributed by atoms with E-state index >= 15 is 0 Å². The van der Waals surface area contributed by atoms with Gasteiger partial charge >= 0.3 is 0 Å². The van der Waals surface area contributed by atoms with Gasteiger partial charge in [0.15, 0.2) is 0 Å².